The van der Waals surface area contributed by atoms with Crippen LogP contribution in [0.15, 0.2) is 60.8 Å². The molecule has 2 amide bonds. The second-order valence-corrected chi connectivity index (χ2v) is 8.69. The first kappa shape index (κ1) is 22.9. The minimum atomic E-state index is -0.256. The van der Waals surface area contributed by atoms with Crippen LogP contribution in [0.25, 0.3) is 0 Å². The number of aromatic nitrogens is 2. The number of hydrogen-bond donors (Lipinski definition) is 2. The van der Waals surface area contributed by atoms with Crippen LogP contribution in [0, 0.1) is 6.92 Å². The van der Waals surface area contributed by atoms with Gasteiger partial charge in [0.05, 0.1) is 19.3 Å². The Kier molecular flexibility index (Phi) is 7.29. The minimum Gasteiger partial charge on any atom is -0.496 e. The van der Waals surface area contributed by atoms with E-state index in [-0.39, 0.29) is 12.1 Å². The molecule has 0 bridgehead atoms. The quantitative estimate of drug-likeness (QED) is 0.528. The second kappa shape index (κ2) is 10.5. The highest BCUT2D eigenvalue weighted by Gasteiger charge is 2.26. The van der Waals surface area contributed by atoms with Gasteiger partial charge in [-0.05, 0) is 56.4 Å². The van der Waals surface area contributed by atoms with Crippen LogP contribution >= 0.6 is 0 Å². The SMILES string of the molecule is COc1ccccc1CC(C)N1CCC(n2nccc2NC(=O)Nc2ccccc2C)CC1. The lowest BCUT2D eigenvalue weighted by atomic mass is 10.00. The molecule has 174 valence electrons. The van der Waals surface area contributed by atoms with E-state index in [9.17, 15) is 4.79 Å². The molecule has 2 aromatic carbocycles. The van der Waals surface area contributed by atoms with E-state index in [0.717, 1.165) is 55.2 Å². The molecule has 3 aromatic rings. The summed E-state index contributed by atoms with van der Waals surface area (Å²) in [6, 6.07) is 18.3. The number of aryl methyl sites for hydroxylation is 1. The number of anilines is 2. The van der Waals surface area contributed by atoms with Crippen molar-refractivity contribution < 1.29 is 9.53 Å². The lowest BCUT2D eigenvalue weighted by Gasteiger charge is -2.36. The summed E-state index contributed by atoms with van der Waals surface area (Å²) in [6.07, 6.45) is 4.69. The maximum absolute atomic E-state index is 12.6. The Morgan fingerprint density at radius 1 is 1.09 bits per heavy atom. The molecule has 1 aliphatic rings. The number of rotatable bonds is 7. The Morgan fingerprint density at radius 3 is 2.58 bits per heavy atom. The fourth-order valence-corrected chi connectivity index (χ4v) is 4.58. The number of nitrogens with one attached hydrogen (secondary N) is 2. The van der Waals surface area contributed by atoms with Crippen LogP contribution in [0.2, 0.25) is 0 Å². The molecule has 1 atom stereocenters. The van der Waals surface area contributed by atoms with E-state index < -0.39 is 0 Å². The third-order valence-electron chi connectivity index (χ3n) is 6.48. The zero-order valence-electron chi connectivity index (χ0n) is 19.6. The van der Waals surface area contributed by atoms with Gasteiger partial charge in [-0.2, -0.15) is 5.10 Å². The van der Waals surface area contributed by atoms with Crippen LogP contribution in [-0.2, 0) is 6.42 Å². The van der Waals surface area contributed by atoms with Crippen LogP contribution in [0.4, 0.5) is 16.3 Å². The Morgan fingerprint density at radius 2 is 1.82 bits per heavy atom. The van der Waals surface area contributed by atoms with E-state index in [0.29, 0.717) is 6.04 Å². The van der Waals surface area contributed by atoms with E-state index in [1.54, 1.807) is 13.3 Å². The number of carbonyl (C=O) groups excluding carboxylic acids is 1. The maximum Gasteiger partial charge on any atom is 0.324 e. The van der Waals surface area contributed by atoms with Gasteiger partial charge in [0, 0.05) is 30.9 Å². The van der Waals surface area contributed by atoms with Gasteiger partial charge in [-0.25, -0.2) is 9.48 Å². The van der Waals surface area contributed by atoms with Crippen molar-refractivity contribution in [3.63, 3.8) is 0 Å². The molecule has 1 unspecified atom stereocenters. The lowest BCUT2D eigenvalue weighted by molar-refractivity contribution is 0.138. The number of likely N-dealkylation sites (tertiary alicyclic amines) is 1. The molecule has 4 rings (SSSR count). The van der Waals surface area contributed by atoms with Crippen molar-refractivity contribution >= 4 is 17.5 Å². The van der Waals surface area contributed by atoms with Crippen molar-refractivity contribution in [2.45, 2.75) is 45.2 Å². The molecular formula is C26H33N5O2. The summed E-state index contributed by atoms with van der Waals surface area (Å²) < 4.78 is 7.48. The number of ether oxygens (including phenoxy) is 1. The Bertz CT molecular complexity index is 1070. The standard InChI is InChI=1S/C26H33N5O2/c1-19-8-4-6-10-23(19)28-26(32)29-25-12-15-27-31(25)22-13-16-30(17-14-22)20(2)18-21-9-5-7-11-24(21)33-3/h4-12,15,20,22H,13-14,16-18H2,1-3H3,(H2,28,29,32). The number of piperidine rings is 1. The summed E-state index contributed by atoms with van der Waals surface area (Å²) >= 11 is 0. The minimum absolute atomic E-state index is 0.256. The molecule has 2 N–H and O–H groups in total. The van der Waals surface area contributed by atoms with Gasteiger partial charge in [0.2, 0.25) is 0 Å². The first-order valence-electron chi connectivity index (χ1n) is 11.6. The van der Waals surface area contributed by atoms with E-state index >= 15 is 0 Å². The Balaban J connectivity index is 1.33. The number of nitrogens with zero attached hydrogens (tertiary/aromatic N) is 3. The monoisotopic (exact) mass is 447 g/mol. The van der Waals surface area contributed by atoms with Crippen molar-refractivity contribution in [2.24, 2.45) is 0 Å². The molecule has 7 heteroatoms. The van der Waals surface area contributed by atoms with Crippen molar-refractivity contribution in [1.82, 2.24) is 14.7 Å². The van der Waals surface area contributed by atoms with Gasteiger partial charge in [0.15, 0.2) is 0 Å². The largest absolute Gasteiger partial charge is 0.496 e. The summed E-state index contributed by atoms with van der Waals surface area (Å²) in [5.74, 6) is 1.68. The van der Waals surface area contributed by atoms with Crippen LogP contribution in [0.1, 0.15) is 36.9 Å². The third-order valence-corrected chi connectivity index (χ3v) is 6.48. The van der Waals surface area contributed by atoms with Crippen LogP contribution in [0.5, 0.6) is 5.75 Å². The van der Waals surface area contributed by atoms with Crippen LogP contribution < -0.4 is 15.4 Å². The molecule has 1 fully saturated rings. The van der Waals surface area contributed by atoms with Crippen LogP contribution in [0.3, 0.4) is 0 Å². The zero-order valence-corrected chi connectivity index (χ0v) is 19.6. The lowest BCUT2D eigenvalue weighted by Crippen LogP contribution is -2.41. The van der Waals surface area contributed by atoms with E-state index in [1.165, 1.54) is 5.56 Å². The topological polar surface area (TPSA) is 71.4 Å². The summed E-state index contributed by atoms with van der Waals surface area (Å²) in [5.41, 5.74) is 3.07. The number of methoxy groups -OCH3 is 1. The van der Waals surface area contributed by atoms with Crippen molar-refractivity contribution in [1.29, 1.82) is 0 Å². The zero-order chi connectivity index (χ0) is 23.2. The number of para-hydroxylation sites is 2. The smallest absolute Gasteiger partial charge is 0.324 e. The molecule has 0 saturated carbocycles. The molecule has 2 heterocycles. The van der Waals surface area contributed by atoms with E-state index in [1.807, 2.05) is 54.1 Å². The predicted octanol–water partition coefficient (Wildman–Crippen LogP) is 5.11. The maximum atomic E-state index is 12.6. The van der Waals surface area contributed by atoms with E-state index in [2.05, 4.69) is 39.7 Å². The highest BCUT2D eigenvalue weighted by atomic mass is 16.5. The van der Waals surface area contributed by atoms with Gasteiger partial charge >= 0.3 is 6.03 Å². The number of benzene rings is 2. The third kappa shape index (κ3) is 5.54. The summed E-state index contributed by atoms with van der Waals surface area (Å²) in [6.45, 7) is 6.25. The second-order valence-electron chi connectivity index (χ2n) is 8.69. The highest BCUT2D eigenvalue weighted by Crippen LogP contribution is 2.28. The Labute approximate surface area is 195 Å². The van der Waals surface area contributed by atoms with Gasteiger partial charge in [0.1, 0.15) is 11.6 Å². The van der Waals surface area contributed by atoms with E-state index in [4.69, 9.17) is 4.74 Å². The summed E-state index contributed by atoms with van der Waals surface area (Å²) in [5, 5.41) is 10.4. The Hall–Kier alpha value is -3.32. The molecular weight excluding hydrogens is 414 g/mol. The highest BCUT2D eigenvalue weighted by molar-refractivity contribution is 5.99. The summed E-state index contributed by atoms with van der Waals surface area (Å²) in [4.78, 5) is 15.1. The number of amides is 2. The predicted molar refractivity (Wildman–Crippen MR) is 132 cm³/mol. The molecule has 33 heavy (non-hydrogen) atoms. The molecule has 7 nitrogen and oxygen atoms in total. The first-order valence-corrected chi connectivity index (χ1v) is 11.6. The molecule has 1 aliphatic heterocycles. The summed E-state index contributed by atoms with van der Waals surface area (Å²) in [7, 11) is 1.73. The van der Waals surface area contributed by atoms with Gasteiger partial charge in [-0.1, -0.05) is 36.4 Å². The average Bonchev–Trinajstić information content (AvgIpc) is 3.29. The van der Waals surface area contributed by atoms with Crippen molar-refractivity contribution in [3.8, 4) is 5.75 Å². The fourth-order valence-electron chi connectivity index (χ4n) is 4.58. The molecule has 0 aliphatic carbocycles. The van der Waals surface area contributed by atoms with Gasteiger partial charge in [0.25, 0.3) is 0 Å². The van der Waals surface area contributed by atoms with Gasteiger partial charge < -0.3 is 15.0 Å². The first-order chi connectivity index (χ1) is 16.0. The molecule has 1 saturated heterocycles. The number of hydrogen-bond acceptors (Lipinski definition) is 4. The van der Waals surface area contributed by atoms with Gasteiger partial charge in [-0.3, -0.25) is 5.32 Å². The molecule has 1 aromatic heterocycles. The number of urea groups is 1. The normalized spacial score (nSPS) is 15.7. The molecule has 0 radical (unpaired) electrons. The van der Waals surface area contributed by atoms with Crippen molar-refractivity contribution in [3.05, 3.63) is 71.9 Å². The van der Waals surface area contributed by atoms with Gasteiger partial charge in [-0.15, -0.1) is 0 Å². The fraction of sp³-hybridized carbons (Fsp3) is 0.385. The average molecular weight is 448 g/mol. The van der Waals surface area contributed by atoms with Crippen LogP contribution in [-0.4, -0.2) is 47.0 Å². The van der Waals surface area contributed by atoms with Crippen molar-refractivity contribution in [2.75, 3.05) is 30.8 Å². The molecule has 0 spiro atoms. The number of carbonyl (C=O) groups is 1.